The zero-order valence-corrected chi connectivity index (χ0v) is 13.7. The second-order valence-corrected chi connectivity index (χ2v) is 8.54. The first kappa shape index (κ1) is 18.3. The van der Waals surface area contributed by atoms with Crippen LogP contribution in [0.2, 0.25) is 0 Å². The van der Waals surface area contributed by atoms with Crippen molar-refractivity contribution in [1.82, 2.24) is 9.03 Å². The predicted molar refractivity (Wildman–Crippen MR) is 79.0 cm³/mol. The summed E-state index contributed by atoms with van der Waals surface area (Å²) < 4.78 is 27.3. The van der Waals surface area contributed by atoms with E-state index in [-0.39, 0.29) is 24.9 Å². The molecule has 0 aliphatic heterocycles. The van der Waals surface area contributed by atoms with Crippen LogP contribution in [0, 0.1) is 5.41 Å². The second kappa shape index (κ2) is 6.60. The fraction of sp³-hybridized carbons (Fsp3) is 0.923. The van der Waals surface area contributed by atoms with E-state index < -0.39 is 21.8 Å². The Morgan fingerprint density at radius 3 is 2.24 bits per heavy atom. The van der Waals surface area contributed by atoms with Crippen LogP contribution in [-0.4, -0.2) is 54.6 Å². The molecule has 0 atom stereocenters. The Morgan fingerprint density at radius 1 is 1.24 bits per heavy atom. The number of rotatable bonds is 7. The molecular weight excluding hydrogens is 296 g/mol. The number of hydrogen-bond donors (Lipinski definition) is 3. The Balaban J connectivity index is 2.51. The molecule has 0 amide bonds. The van der Waals surface area contributed by atoms with Gasteiger partial charge in [-0.05, 0) is 31.1 Å². The number of carboxylic acid groups (broad SMARTS) is 1. The van der Waals surface area contributed by atoms with Crippen molar-refractivity contribution in [3.05, 3.63) is 0 Å². The first-order valence-corrected chi connectivity index (χ1v) is 8.55. The number of aliphatic hydroxyl groups is 1. The molecule has 0 unspecified atom stereocenters. The molecule has 0 saturated heterocycles. The van der Waals surface area contributed by atoms with Crippen LogP contribution in [0.5, 0.6) is 0 Å². The minimum Gasteiger partial charge on any atom is -0.481 e. The van der Waals surface area contributed by atoms with Crippen molar-refractivity contribution >= 4 is 16.2 Å². The van der Waals surface area contributed by atoms with Crippen LogP contribution in [0.1, 0.15) is 46.0 Å². The van der Waals surface area contributed by atoms with Gasteiger partial charge in [0.1, 0.15) is 0 Å². The highest BCUT2D eigenvalue weighted by Crippen LogP contribution is 2.39. The summed E-state index contributed by atoms with van der Waals surface area (Å²) in [6, 6.07) is 0. The van der Waals surface area contributed by atoms with Gasteiger partial charge in [-0.25, -0.2) is 0 Å². The predicted octanol–water partition coefficient (Wildman–Crippen LogP) is 0.559. The fourth-order valence-electron chi connectivity index (χ4n) is 2.28. The number of nitrogens with zero attached hydrogens (tertiary/aromatic N) is 1. The van der Waals surface area contributed by atoms with E-state index >= 15 is 0 Å². The summed E-state index contributed by atoms with van der Waals surface area (Å²) in [4.78, 5) is 10.5. The molecule has 124 valence electrons. The Kier molecular flexibility index (Phi) is 5.76. The van der Waals surface area contributed by atoms with Gasteiger partial charge in [-0.15, -0.1) is 0 Å². The highest BCUT2D eigenvalue weighted by Gasteiger charge is 2.37. The smallest absolute Gasteiger partial charge is 0.304 e. The molecule has 3 N–H and O–H groups in total. The third-order valence-corrected chi connectivity index (χ3v) is 5.68. The zero-order chi connectivity index (χ0) is 16.3. The lowest BCUT2D eigenvalue weighted by Crippen LogP contribution is -2.49. The van der Waals surface area contributed by atoms with Crippen LogP contribution < -0.4 is 4.72 Å². The molecule has 1 aliphatic carbocycles. The highest BCUT2D eigenvalue weighted by molar-refractivity contribution is 7.87. The van der Waals surface area contributed by atoms with Gasteiger partial charge >= 0.3 is 5.97 Å². The maximum atomic E-state index is 12.0. The van der Waals surface area contributed by atoms with E-state index in [9.17, 15) is 18.3 Å². The van der Waals surface area contributed by atoms with E-state index in [1.807, 2.05) is 0 Å². The van der Waals surface area contributed by atoms with Gasteiger partial charge in [0.15, 0.2) is 0 Å². The van der Waals surface area contributed by atoms with E-state index in [1.54, 1.807) is 0 Å². The van der Waals surface area contributed by atoms with Crippen LogP contribution in [0.4, 0.5) is 0 Å². The van der Waals surface area contributed by atoms with E-state index in [1.165, 1.54) is 7.05 Å². The number of carbonyl (C=O) groups is 1. The van der Waals surface area contributed by atoms with E-state index in [0.29, 0.717) is 12.8 Å². The topological polar surface area (TPSA) is 107 Å². The van der Waals surface area contributed by atoms with Gasteiger partial charge in [0, 0.05) is 20.1 Å². The summed E-state index contributed by atoms with van der Waals surface area (Å²) in [5.41, 5.74) is -0.834. The van der Waals surface area contributed by atoms with Gasteiger partial charge in [0.05, 0.1) is 12.0 Å². The van der Waals surface area contributed by atoms with Gasteiger partial charge in [0.25, 0.3) is 10.2 Å². The van der Waals surface area contributed by atoms with Crippen molar-refractivity contribution in [3.8, 4) is 0 Å². The summed E-state index contributed by atoms with van der Waals surface area (Å²) in [5, 5.41) is 19.0. The minimum atomic E-state index is -3.76. The summed E-state index contributed by atoms with van der Waals surface area (Å²) in [6.07, 6.45) is 2.55. The molecule has 0 aromatic carbocycles. The average molecular weight is 322 g/mol. The molecule has 0 spiro atoms. The van der Waals surface area contributed by atoms with Gasteiger partial charge < -0.3 is 10.2 Å². The van der Waals surface area contributed by atoms with Crippen molar-refractivity contribution in [3.63, 3.8) is 0 Å². The Bertz CT molecular complexity index is 465. The first-order chi connectivity index (χ1) is 9.46. The lowest BCUT2D eigenvalue weighted by atomic mass is 9.71. The first-order valence-electron chi connectivity index (χ1n) is 7.11. The molecule has 1 fully saturated rings. The Labute approximate surface area is 126 Å². The normalized spacial score (nSPS) is 21.4. The molecule has 8 heteroatoms. The fourth-order valence-corrected chi connectivity index (χ4v) is 3.28. The largest absolute Gasteiger partial charge is 0.481 e. The maximum Gasteiger partial charge on any atom is 0.304 e. The molecule has 0 heterocycles. The molecule has 0 radical (unpaired) electrons. The molecule has 7 nitrogen and oxygen atoms in total. The van der Waals surface area contributed by atoms with Crippen LogP contribution in [0.25, 0.3) is 0 Å². The van der Waals surface area contributed by atoms with Gasteiger partial charge in [-0.3, -0.25) is 4.79 Å². The quantitative estimate of drug-likeness (QED) is 0.635. The standard InChI is InChI=1S/C13H26N2O5S/c1-12(2)5-7-13(18,8-6-12)10-14-21(19,20)15(3)9-4-11(16)17/h14,18H,4-10H2,1-3H3,(H,16,17). The number of hydrogen-bond acceptors (Lipinski definition) is 4. The molecule has 1 rings (SSSR count). The third-order valence-electron chi connectivity index (χ3n) is 4.17. The molecular formula is C13H26N2O5S. The molecule has 0 aromatic rings. The zero-order valence-electron chi connectivity index (χ0n) is 12.9. The summed E-state index contributed by atoms with van der Waals surface area (Å²) in [5.74, 6) is -1.05. The Morgan fingerprint density at radius 2 is 1.76 bits per heavy atom. The summed E-state index contributed by atoms with van der Waals surface area (Å²) >= 11 is 0. The van der Waals surface area contributed by atoms with Crippen molar-refractivity contribution in [1.29, 1.82) is 0 Å². The van der Waals surface area contributed by atoms with Crippen molar-refractivity contribution in [2.24, 2.45) is 5.41 Å². The lowest BCUT2D eigenvalue weighted by Gasteiger charge is -2.40. The van der Waals surface area contributed by atoms with E-state index in [2.05, 4.69) is 18.6 Å². The lowest BCUT2D eigenvalue weighted by molar-refractivity contribution is -0.137. The average Bonchev–Trinajstić information content (AvgIpc) is 2.38. The number of carboxylic acids is 1. The summed E-state index contributed by atoms with van der Waals surface area (Å²) in [7, 11) is -2.44. The van der Waals surface area contributed by atoms with Crippen LogP contribution >= 0.6 is 0 Å². The van der Waals surface area contributed by atoms with E-state index in [4.69, 9.17) is 5.11 Å². The second-order valence-electron chi connectivity index (χ2n) is 6.68. The van der Waals surface area contributed by atoms with Crippen molar-refractivity contribution in [2.45, 2.75) is 51.6 Å². The van der Waals surface area contributed by atoms with E-state index in [0.717, 1.165) is 17.1 Å². The molecule has 1 saturated carbocycles. The third kappa shape index (κ3) is 5.90. The molecule has 21 heavy (non-hydrogen) atoms. The number of aliphatic carboxylic acids is 1. The van der Waals surface area contributed by atoms with Crippen LogP contribution in [-0.2, 0) is 15.0 Å². The summed E-state index contributed by atoms with van der Waals surface area (Å²) in [6.45, 7) is 4.13. The minimum absolute atomic E-state index is 0.0389. The monoisotopic (exact) mass is 322 g/mol. The molecule has 0 bridgehead atoms. The van der Waals surface area contributed by atoms with Crippen LogP contribution in [0.15, 0.2) is 0 Å². The van der Waals surface area contributed by atoms with Gasteiger partial charge in [-0.2, -0.15) is 17.4 Å². The Hall–Kier alpha value is -0.700. The highest BCUT2D eigenvalue weighted by atomic mass is 32.2. The SMILES string of the molecule is CN(CCC(=O)O)S(=O)(=O)NCC1(O)CCC(C)(C)CC1. The van der Waals surface area contributed by atoms with Gasteiger partial charge in [0.2, 0.25) is 0 Å². The maximum absolute atomic E-state index is 12.0. The van der Waals surface area contributed by atoms with Crippen molar-refractivity contribution < 1.29 is 23.4 Å². The van der Waals surface area contributed by atoms with Crippen LogP contribution in [0.3, 0.4) is 0 Å². The van der Waals surface area contributed by atoms with Gasteiger partial charge in [-0.1, -0.05) is 13.8 Å². The molecule has 1 aliphatic rings. The molecule has 0 aromatic heterocycles. The van der Waals surface area contributed by atoms with Crippen molar-refractivity contribution in [2.75, 3.05) is 20.1 Å². The number of nitrogens with one attached hydrogen (secondary N) is 1.